The van der Waals surface area contributed by atoms with Crippen LogP contribution >= 0.6 is 0 Å². The van der Waals surface area contributed by atoms with Crippen LogP contribution in [-0.2, 0) is 4.79 Å². The standard InChI is InChI=1S/C22H40N4O2/c1-6-16-11-9-10-12-18(16)17(7-2)21(28)25-19-14-26(5)22(23,20(19)27)15(4)13-24-8-3/h3,15-20,24,27H,6-7,9-14,23H2,1-2,4-5H3,(H,25,28). The molecule has 1 saturated heterocycles. The molecular weight excluding hydrogens is 352 g/mol. The minimum Gasteiger partial charge on any atom is -0.388 e. The molecule has 2 fully saturated rings. The molecule has 7 unspecified atom stereocenters. The van der Waals surface area contributed by atoms with Gasteiger partial charge in [0.15, 0.2) is 0 Å². The average molecular weight is 393 g/mol. The number of amides is 1. The van der Waals surface area contributed by atoms with Gasteiger partial charge in [0.25, 0.3) is 0 Å². The van der Waals surface area contributed by atoms with Gasteiger partial charge in [-0.3, -0.25) is 9.69 Å². The number of aliphatic hydroxyl groups excluding tert-OH is 1. The number of nitrogens with two attached hydrogens (primary N) is 1. The van der Waals surface area contributed by atoms with Crippen molar-refractivity contribution in [3.8, 4) is 12.5 Å². The van der Waals surface area contributed by atoms with Gasteiger partial charge in [0.05, 0.1) is 6.04 Å². The molecule has 6 nitrogen and oxygen atoms in total. The van der Waals surface area contributed by atoms with Crippen molar-refractivity contribution in [2.45, 2.75) is 77.1 Å². The molecule has 7 atom stereocenters. The minimum absolute atomic E-state index is 0.0102. The monoisotopic (exact) mass is 392 g/mol. The lowest BCUT2D eigenvalue weighted by Crippen LogP contribution is -2.64. The van der Waals surface area contributed by atoms with Gasteiger partial charge in [-0.05, 0) is 31.7 Å². The normalized spacial score (nSPS) is 35.8. The van der Waals surface area contributed by atoms with Crippen molar-refractivity contribution in [2.24, 2.45) is 29.4 Å². The third-order valence-electron chi connectivity index (χ3n) is 7.40. The third kappa shape index (κ3) is 4.48. The highest BCUT2D eigenvalue weighted by Crippen LogP contribution is 2.39. The second-order valence-corrected chi connectivity index (χ2v) is 8.89. The Morgan fingerprint density at radius 2 is 2.07 bits per heavy atom. The van der Waals surface area contributed by atoms with Crippen molar-refractivity contribution >= 4 is 5.91 Å². The quantitative estimate of drug-likeness (QED) is 0.371. The molecule has 1 amide bonds. The van der Waals surface area contributed by atoms with E-state index < -0.39 is 11.8 Å². The van der Waals surface area contributed by atoms with Crippen molar-refractivity contribution in [1.29, 1.82) is 0 Å². The summed E-state index contributed by atoms with van der Waals surface area (Å²) in [7, 11) is 1.90. The Morgan fingerprint density at radius 1 is 1.39 bits per heavy atom. The topological polar surface area (TPSA) is 90.6 Å². The summed E-state index contributed by atoms with van der Waals surface area (Å²) in [5, 5.41) is 17.0. The number of carbonyl (C=O) groups is 1. The van der Waals surface area contributed by atoms with Gasteiger partial charge in [-0.1, -0.05) is 52.9 Å². The predicted molar refractivity (Wildman–Crippen MR) is 113 cm³/mol. The Morgan fingerprint density at radius 3 is 2.68 bits per heavy atom. The Labute approximate surface area is 171 Å². The van der Waals surface area contributed by atoms with Crippen molar-refractivity contribution in [1.82, 2.24) is 15.5 Å². The number of likely N-dealkylation sites (N-methyl/N-ethyl adjacent to an activating group) is 1. The molecular formula is C22H40N4O2. The van der Waals surface area contributed by atoms with Crippen molar-refractivity contribution in [2.75, 3.05) is 20.1 Å². The first kappa shape index (κ1) is 23.0. The summed E-state index contributed by atoms with van der Waals surface area (Å²) in [6.45, 7) is 7.34. The first-order valence-corrected chi connectivity index (χ1v) is 11.0. The lowest BCUT2D eigenvalue weighted by Gasteiger charge is -2.40. The van der Waals surface area contributed by atoms with E-state index >= 15 is 0 Å². The molecule has 1 heterocycles. The van der Waals surface area contributed by atoms with Crippen LogP contribution in [-0.4, -0.2) is 53.9 Å². The number of nitrogens with one attached hydrogen (secondary N) is 2. The van der Waals surface area contributed by atoms with Crippen LogP contribution in [0.25, 0.3) is 0 Å². The summed E-state index contributed by atoms with van der Waals surface area (Å²) in [6.07, 6.45) is 11.3. The zero-order valence-electron chi connectivity index (χ0n) is 18.1. The van der Waals surface area contributed by atoms with Crippen LogP contribution in [0.15, 0.2) is 0 Å². The van der Waals surface area contributed by atoms with Gasteiger partial charge in [-0.2, -0.15) is 0 Å². The van der Waals surface area contributed by atoms with Gasteiger partial charge in [0, 0.05) is 31.0 Å². The maximum atomic E-state index is 13.2. The van der Waals surface area contributed by atoms with E-state index in [1.807, 2.05) is 18.9 Å². The smallest absolute Gasteiger partial charge is 0.223 e. The lowest BCUT2D eigenvalue weighted by atomic mass is 9.70. The molecule has 0 aromatic carbocycles. The second kappa shape index (κ2) is 9.96. The largest absolute Gasteiger partial charge is 0.388 e. The first-order chi connectivity index (χ1) is 13.3. The molecule has 28 heavy (non-hydrogen) atoms. The van der Waals surface area contributed by atoms with Gasteiger partial charge in [0.2, 0.25) is 5.91 Å². The lowest BCUT2D eigenvalue weighted by molar-refractivity contribution is -0.129. The zero-order valence-corrected chi connectivity index (χ0v) is 18.1. The number of hydrogen-bond acceptors (Lipinski definition) is 5. The zero-order chi connectivity index (χ0) is 20.9. The summed E-state index contributed by atoms with van der Waals surface area (Å²) in [5.41, 5.74) is 5.68. The van der Waals surface area contributed by atoms with Crippen LogP contribution in [0.2, 0.25) is 0 Å². The summed E-state index contributed by atoms with van der Waals surface area (Å²) in [4.78, 5) is 15.1. The molecule has 1 saturated carbocycles. The minimum atomic E-state index is -0.930. The molecule has 2 aliphatic rings. The van der Waals surface area contributed by atoms with Crippen LogP contribution in [0.3, 0.4) is 0 Å². The maximum Gasteiger partial charge on any atom is 0.223 e. The van der Waals surface area contributed by atoms with Crippen LogP contribution in [0, 0.1) is 36.1 Å². The van der Waals surface area contributed by atoms with Gasteiger partial charge in [-0.25, -0.2) is 0 Å². The maximum absolute atomic E-state index is 13.2. The van der Waals surface area contributed by atoms with E-state index in [1.54, 1.807) is 0 Å². The van der Waals surface area contributed by atoms with Crippen LogP contribution in [0.1, 0.15) is 59.3 Å². The van der Waals surface area contributed by atoms with Gasteiger partial charge in [0.1, 0.15) is 11.8 Å². The van der Waals surface area contributed by atoms with Gasteiger partial charge >= 0.3 is 0 Å². The fraction of sp³-hybridized carbons (Fsp3) is 0.864. The van der Waals surface area contributed by atoms with Crippen LogP contribution in [0.5, 0.6) is 0 Å². The summed E-state index contributed by atoms with van der Waals surface area (Å²) >= 11 is 0. The molecule has 0 spiro atoms. The molecule has 0 bridgehead atoms. The van der Waals surface area contributed by atoms with E-state index in [4.69, 9.17) is 12.2 Å². The highest BCUT2D eigenvalue weighted by Gasteiger charge is 2.53. The Bertz CT molecular complexity index is 563. The summed E-state index contributed by atoms with van der Waals surface area (Å²) in [5.74, 6) is 1.08. The second-order valence-electron chi connectivity index (χ2n) is 8.89. The highest BCUT2D eigenvalue weighted by atomic mass is 16.3. The number of hydrogen-bond donors (Lipinski definition) is 4. The van der Waals surface area contributed by atoms with E-state index in [9.17, 15) is 9.90 Å². The number of likely N-dealkylation sites (tertiary alicyclic amines) is 1. The molecule has 2 rings (SSSR count). The van der Waals surface area contributed by atoms with Gasteiger partial charge in [-0.15, -0.1) is 0 Å². The van der Waals surface area contributed by atoms with Crippen molar-refractivity contribution in [3.05, 3.63) is 0 Å². The number of aliphatic hydroxyl groups is 1. The predicted octanol–water partition coefficient (Wildman–Crippen LogP) is 1.49. The van der Waals surface area contributed by atoms with Crippen LogP contribution < -0.4 is 16.4 Å². The van der Waals surface area contributed by atoms with E-state index in [0.29, 0.717) is 24.9 Å². The Balaban J connectivity index is 2.07. The fourth-order valence-corrected chi connectivity index (χ4v) is 5.51. The SMILES string of the molecule is C#CNCC(C)C1(N)C(O)C(NC(=O)C(CC)C2CCCCC2CC)CN1C. The number of terminal acetylenes is 1. The molecule has 6 heteroatoms. The Kier molecular flexibility index (Phi) is 8.18. The van der Waals surface area contributed by atoms with Gasteiger partial charge < -0.3 is 21.5 Å². The molecule has 160 valence electrons. The molecule has 0 aromatic rings. The third-order valence-corrected chi connectivity index (χ3v) is 7.40. The number of carbonyl (C=O) groups excluding carboxylic acids is 1. The van der Waals surface area contributed by atoms with E-state index in [2.05, 4.69) is 30.5 Å². The molecule has 0 radical (unpaired) electrons. The molecule has 0 aromatic heterocycles. The van der Waals surface area contributed by atoms with E-state index in [-0.39, 0.29) is 23.8 Å². The number of rotatable bonds is 8. The number of nitrogens with zero attached hydrogens (tertiary/aromatic N) is 1. The average Bonchev–Trinajstić information content (AvgIpc) is 2.91. The highest BCUT2D eigenvalue weighted by molar-refractivity contribution is 5.79. The fourth-order valence-electron chi connectivity index (χ4n) is 5.51. The summed E-state index contributed by atoms with van der Waals surface area (Å²) in [6, 6.07) is 2.04. The van der Waals surface area contributed by atoms with E-state index in [0.717, 1.165) is 19.3 Å². The molecule has 1 aliphatic heterocycles. The first-order valence-electron chi connectivity index (χ1n) is 11.0. The van der Waals surface area contributed by atoms with Crippen molar-refractivity contribution < 1.29 is 9.90 Å². The van der Waals surface area contributed by atoms with Crippen molar-refractivity contribution in [3.63, 3.8) is 0 Å². The van der Waals surface area contributed by atoms with E-state index in [1.165, 1.54) is 19.3 Å². The Hall–Kier alpha value is -1.29. The molecule has 5 N–H and O–H groups in total. The molecule has 1 aliphatic carbocycles. The summed E-state index contributed by atoms with van der Waals surface area (Å²) < 4.78 is 0. The van der Waals surface area contributed by atoms with Crippen LogP contribution in [0.4, 0.5) is 0 Å².